The molecule has 0 saturated heterocycles. The number of rotatable bonds is 8. The van der Waals surface area contributed by atoms with Crippen LogP contribution in [0.2, 0.25) is 0 Å². The normalized spacial score (nSPS) is 18.2. The van der Waals surface area contributed by atoms with Crippen LogP contribution in [0.1, 0.15) is 73.6 Å². The van der Waals surface area contributed by atoms with Crippen LogP contribution >= 0.6 is 0 Å². The van der Waals surface area contributed by atoms with Crippen LogP contribution in [-0.4, -0.2) is 10.7 Å². The van der Waals surface area contributed by atoms with E-state index in [1.54, 1.807) is 0 Å². The summed E-state index contributed by atoms with van der Waals surface area (Å²) in [5, 5.41) is 10.3. The summed E-state index contributed by atoms with van der Waals surface area (Å²) in [6, 6.07) is 0. The van der Waals surface area contributed by atoms with Gasteiger partial charge in [0.05, 0.1) is 5.60 Å². The second kappa shape index (κ2) is 7.92. The summed E-state index contributed by atoms with van der Waals surface area (Å²) in [6.45, 7) is 13.1. The van der Waals surface area contributed by atoms with Gasteiger partial charge in [0, 0.05) is 0 Å². The predicted octanol–water partition coefficient (Wildman–Crippen LogP) is 4.95. The highest BCUT2D eigenvalue weighted by atomic mass is 16.3. The molecule has 17 heavy (non-hydrogen) atoms. The van der Waals surface area contributed by atoms with Gasteiger partial charge in [-0.2, -0.15) is 0 Å². The highest BCUT2D eigenvalue weighted by molar-refractivity contribution is 5.01. The molecule has 0 aromatic heterocycles. The van der Waals surface area contributed by atoms with Crippen molar-refractivity contribution in [3.8, 4) is 0 Å². The zero-order valence-corrected chi connectivity index (χ0v) is 12.7. The first-order valence-electron chi connectivity index (χ1n) is 7.17. The first-order valence-corrected chi connectivity index (χ1v) is 7.17. The van der Waals surface area contributed by atoms with E-state index in [0.29, 0.717) is 5.92 Å². The van der Waals surface area contributed by atoms with Crippen LogP contribution in [0.15, 0.2) is 11.6 Å². The van der Waals surface area contributed by atoms with E-state index in [4.69, 9.17) is 0 Å². The van der Waals surface area contributed by atoms with Gasteiger partial charge in [-0.25, -0.2) is 0 Å². The van der Waals surface area contributed by atoms with Gasteiger partial charge in [-0.15, -0.1) is 0 Å². The molecule has 0 radical (unpaired) electrons. The van der Waals surface area contributed by atoms with Gasteiger partial charge in [0.1, 0.15) is 0 Å². The fourth-order valence-electron chi connectivity index (χ4n) is 1.73. The first-order chi connectivity index (χ1) is 7.78. The number of allylic oxidation sites excluding steroid dienone is 2. The van der Waals surface area contributed by atoms with E-state index in [0.717, 1.165) is 31.6 Å². The molecule has 0 bridgehead atoms. The Kier molecular flexibility index (Phi) is 7.78. The topological polar surface area (TPSA) is 20.2 Å². The van der Waals surface area contributed by atoms with Gasteiger partial charge >= 0.3 is 0 Å². The van der Waals surface area contributed by atoms with Crippen molar-refractivity contribution in [2.75, 3.05) is 0 Å². The molecule has 0 aliphatic carbocycles. The van der Waals surface area contributed by atoms with Gasteiger partial charge in [0.15, 0.2) is 0 Å². The summed E-state index contributed by atoms with van der Waals surface area (Å²) < 4.78 is 0. The lowest BCUT2D eigenvalue weighted by atomic mass is 9.89. The highest BCUT2D eigenvalue weighted by Gasteiger charge is 2.19. The van der Waals surface area contributed by atoms with E-state index in [-0.39, 0.29) is 0 Å². The Balaban J connectivity index is 3.97. The van der Waals surface area contributed by atoms with Gasteiger partial charge < -0.3 is 5.11 Å². The maximum Gasteiger partial charge on any atom is 0.0622 e. The Morgan fingerprint density at radius 3 is 2.29 bits per heavy atom. The second-order valence-corrected chi connectivity index (χ2v) is 6.19. The van der Waals surface area contributed by atoms with Crippen molar-refractivity contribution in [2.45, 2.75) is 79.2 Å². The predicted molar refractivity (Wildman–Crippen MR) is 77.1 cm³/mol. The third-order valence-corrected chi connectivity index (χ3v) is 3.93. The molecule has 0 fully saturated rings. The Morgan fingerprint density at radius 2 is 1.82 bits per heavy atom. The third kappa shape index (κ3) is 8.43. The molecule has 0 aliphatic rings. The van der Waals surface area contributed by atoms with E-state index in [2.05, 4.69) is 40.7 Å². The molecule has 0 rings (SSSR count). The Labute approximate surface area is 108 Å². The van der Waals surface area contributed by atoms with Gasteiger partial charge in [-0.3, -0.25) is 0 Å². The summed E-state index contributed by atoms with van der Waals surface area (Å²) >= 11 is 0. The van der Waals surface area contributed by atoms with E-state index in [1.165, 1.54) is 12.0 Å². The quantitative estimate of drug-likeness (QED) is 0.595. The molecule has 0 aromatic rings. The molecule has 1 nitrogen and oxygen atoms in total. The van der Waals surface area contributed by atoms with Crippen molar-refractivity contribution < 1.29 is 5.11 Å². The van der Waals surface area contributed by atoms with Crippen LogP contribution in [0.3, 0.4) is 0 Å². The molecule has 102 valence electrons. The molecule has 2 unspecified atom stereocenters. The summed E-state index contributed by atoms with van der Waals surface area (Å²) in [4.78, 5) is 0. The van der Waals surface area contributed by atoms with Gasteiger partial charge in [-0.05, 0) is 51.4 Å². The molecule has 1 N–H and O–H groups in total. The smallest absolute Gasteiger partial charge is 0.0622 e. The number of hydrogen-bond donors (Lipinski definition) is 1. The minimum atomic E-state index is -0.489. The van der Waals surface area contributed by atoms with Crippen LogP contribution in [0, 0.1) is 11.8 Å². The van der Waals surface area contributed by atoms with Crippen molar-refractivity contribution >= 4 is 0 Å². The number of hydrogen-bond acceptors (Lipinski definition) is 1. The van der Waals surface area contributed by atoms with Crippen LogP contribution in [0.4, 0.5) is 0 Å². The molecule has 2 atom stereocenters. The molecule has 0 amide bonds. The Bertz CT molecular complexity index is 226. The highest BCUT2D eigenvalue weighted by Crippen LogP contribution is 2.23. The molecule has 0 aromatic carbocycles. The molecule has 0 heterocycles. The average Bonchev–Trinajstić information content (AvgIpc) is 2.25. The summed E-state index contributed by atoms with van der Waals surface area (Å²) in [6.07, 6.45) is 7.43. The van der Waals surface area contributed by atoms with Crippen molar-refractivity contribution in [3.05, 3.63) is 11.6 Å². The van der Waals surface area contributed by atoms with Crippen molar-refractivity contribution in [2.24, 2.45) is 11.8 Å². The lowest BCUT2D eigenvalue weighted by molar-refractivity contribution is 0.0368. The monoisotopic (exact) mass is 240 g/mol. The number of aliphatic hydroxyl groups is 1. The Morgan fingerprint density at radius 1 is 1.24 bits per heavy atom. The zero-order chi connectivity index (χ0) is 13.5. The van der Waals surface area contributed by atoms with E-state index in [9.17, 15) is 5.11 Å². The average molecular weight is 240 g/mol. The van der Waals surface area contributed by atoms with E-state index >= 15 is 0 Å². The van der Waals surface area contributed by atoms with Crippen molar-refractivity contribution in [1.29, 1.82) is 0 Å². The molecule has 1 heteroatoms. The van der Waals surface area contributed by atoms with Gasteiger partial charge in [0.25, 0.3) is 0 Å². The first kappa shape index (κ1) is 16.7. The fraction of sp³-hybridized carbons (Fsp3) is 0.875. The zero-order valence-electron chi connectivity index (χ0n) is 12.7. The van der Waals surface area contributed by atoms with Crippen LogP contribution in [-0.2, 0) is 0 Å². The van der Waals surface area contributed by atoms with Crippen LogP contribution in [0.25, 0.3) is 0 Å². The fourth-order valence-corrected chi connectivity index (χ4v) is 1.73. The van der Waals surface area contributed by atoms with Crippen LogP contribution in [0.5, 0.6) is 0 Å². The molecule has 0 saturated carbocycles. The molecular formula is C16H32O. The van der Waals surface area contributed by atoms with E-state index < -0.39 is 5.60 Å². The molecular weight excluding hydrogens is 208 g/mol. The van der Waals surface area contributed by atoms with Crippen molar-refractivity contribution in [3.63, 3.8) is 0 Å². The minimum absolute atomic E-state index is 0.489. The largest absolute Gasteiger partial charge is 0.390 e. The maximum atomic E-state index is 10.3. The lowest BCUT2D eigenvalue weighted by Gasteiger charge is -2.24. The lowest BCUT2D eigenvalue weighted by Crippen LogP contribution is -2.24. The van der Waals surface area contributed by atoms with Crippen molar-refractivity contribution in [1.82, 2.24) is 0 Å². The summed E-state index contributed by atoms with van der Waals surface area (Å²) in [5.41, 5.74) is 0.944. The van der Waals surface area contributed by atoms with Crippen LogP contribution < -0.4 is 0 Å². The SMILES string of the molecule is CCC(C)CCC(C)(O)CC/C=C(\C)C(C)C. The molecule has 0 aliphatic heterocycles. The summed E-state index contributed by atoms with van der Waals surface area (Å²) in [7, 11) is 0. The molecule has 0 spiro atoms. The maximum absolute atomic E-state index is 10.3. The van der Waals surface area contributed by atoms with E-state index in [1.807, 2.05) is 6.92 Å². The third-order valence-electron chi connectivity index (χ3n) is 3.93. The van der Waals surface area contributed by atoms with Gasteiger partial charge in [0.2, 0.25) is 0 Å². The standard InChI is InChI=1S/C16H32O/c1-7-14(4)10-12-16(6,17)11-8-9-15(5)13(2)3/h9,13-14,17H,7-8,10-12H2,1-6H3/b15-9+. The Hall–Kier alpha value is -0.300. The minimum Gasteiger partial charge on any atom is -0.390 e. The second-order valence-electron chi connectivity index (χ2n) is 6.19. The van der Waals surface area contributed by atoms with Gasteiger partial charge in [-0.1, -0.05) is 45.8 Å². The summed E-state index contributed by atoms with van der Waals surface area (Å²) in [5.74, 6) is 1.36.